The maximum atomic E-state index is 12.0. The van der Waals surface area contributed by atoms with Crippen LogP contribution in [0.1, 0.15) is 46.5 Å². The highest BCUT2D eigenvalue weighted by Crippen LogP contribution is 2.28. The third kappa shape index (κ3) is 5.26. The SMILES string of the molecule is CC(C)(C)OC(=O)[C@H]1CC[C@H](Oc2ncc(Br)cn2)CC1. The van der Waals surface area contributed by atoms with Crippen molar-refractivity contribution in [3.05, 3.63) is 16.9 Å². The summed E-state index contributed by atoms with van der Waals surface area (Å²) < 4.78 is 12.0. The summed E-state index contributed by atoms with van der Waals surface area (Å²) in [7, 11) is 0. The molecule has 2 rings (SSSR count). The van der Waals surface area contributed by atoms with Crippen LogP contribution in [0.2, 0.25) is 0 Å². The van der Waals surface area contributed by atoms with Gasteiger partial charge in [-0.25, -0.2) is 9.97 Å². The topological polar surface area (TPSA) is 61.3 Å². The molecule has 1 aromatic rings. The van der Waals surface area contributed by atoms with Gasteiger partial charge in [0.2, 0.25) is 0 Å². The van der Waals surface area contributed by atoms with Crippen LogP contribution in [-0.4, -0.2) is 27.6 Å². The van der Waals surface area contributed by atoms with Crippen molar-refractivity contribution in [1.29, 1.82) is 0 Å². The Bertz CT molecular complexity index is 477. The minimum absolute atomic E-state index is 0.0186. The first-order valence-corrected chi connectivity index (χ1v) is 8.00. The molecular formula is C15H21BrN2O3. The fourth-order valence-electron chi connectivity index (χ4n) is 2.31. The summed E-state index contributed by atoms with van der Waals surface area (Å²) in [4.78, 5) is 20.2. The van der Waals surface area contributed by atoms with E-state index in [-0.39, 0.29) is 18.0 Å². The molecule has 0 atom stereocenters. The second kappa shape index (κ2) is 6.73. The number of ether oxygens (including phenoxy) is 2. The standard InChI is InChI=1S/C15H21BrN2O3/c1-15(2,3)21-13(19)10-4-6-12(7-5-10)20-14-17-8-11(16)9-18-14/h8-10,12H,4-7H2,1-3H3/t10-,12-. The molecule has 1 saturated carbocycles. The lowest BCUT2D eigenvalue weighted by Gasteiger charge is -2.29. The van der Waals surface area contributed by atoms with E-state index in [4.69, 9.17) is 9.47 Å². The van der Waals surface area contributed by atoms with Gasteiger partial charge in [-0.1, -0.05) is 0 Å². The number of halogens is 1. The summed E-state index contributed by atoms with van der Waals surface area (Å²) in [6.45, 7) is 5.68. The maximum absolute atomic E-state index is 12.0. The molecule has 0 aliphatic heterocycles. The van der Waals surface area contributed by atoms with Crippen LogP contribution in [0.15, 0.2) is 16.9 Å². The molecule has 1 fully saturated rings. The van der Waals surface area contributed by atoms with Gasteiger partial charge in [-0.2, -0.15) is 0 Å². The minimum atomic E-state index is -0.421. The Morgan fingerprint density at radius 2 is 1.76 bits per heavy atom. The third-order valence-electron chi connectivity index (χ3n) is 3.28. The zero-order valence-corrected chi connectivity index (χ0v) is 14.2. The van der Waals surface area contributed by atoms with E-state index in [1.807, 2.05) is 20.8 Å². The van der Waals surface area contributed by atoms with Crippen LogP contribution >= 0.6 is 15.9 Å². The Morgan fingerprint density at radius 1 is 1.19 bits per heavy atom. The van der Waals surface area contributed by atoms with Crippen molar-refractivity contribution in [2.75, 3.05) is 0 Å². The fourth-order valence-corrected chi connectivity index (χ4v) is 2.52. The Morgan fingerprint density at radius 3 is 2.29 bits per heavy atom. The number of nitrogens with zero attached hydrogens (tertiary/aromatic N) is 2. The van der Waals surface area contributed by atoms with Crippen LogP contribution in [0.5, 0.6) is 6.01 Å². The van der Waals surface area contributed by atoms with Gasteiger partial charge in [-0.15, -0.1) is 0 Å². The number of hydrogen-bond donors (Lipinski definition) is 0. The molecule has 0 aromatic carbocycles. The van der Waals surface area contributed by atoms with E-state index >= 15 is 0 Å². The number of rotatable bonds is 3. The van der Waals surface area contributed by atoms with E-state index < -0.39 is 5.60 Å². The number of carbonyl (C=O) groups excluding carboxylic acids is 1. The molecule has 0 amide bonds. The molecule has 0 radical (unpaired) electrons. The summed E-state index contributed by atoms with van der Waals surface area (Å²) in [5.41, 5.74) is -0.421. The van der Waals surface area contributed by atoms with Gasteiger partial charge in [0.05, 0.1) is 10.4 Å². The Hall–Kier alpha value is -1.17. The molecule has 0 saturated heterocycles. The highest BCUT2D eigenvalue weighted by molar-refractivity contribution is 9.10. The first kappa shape index (κ1) is 16.2. The van der Waals surface area contributed by atoms with Crippen LogP contribution in [0.25, 0.3) is 0 Å². The molecule has 0 N–H and O–H groups in total. The quantitative estimate of drug-likeness (QED) is 0.775. The Kier molecular flexibility index (Phi) is 5.19. The minimum Gasteiger partial charge on any atom is -0.460 e. The van der Waals surface area contributed by atoms with E-state index in [1.54, 1.807) is 12.4 Å². The van der Waals surface area contributed by atoms with Crippen molar-refractivity contribution in [2.24, 2.45) is 5.92 Å². The molecular weight excluding hydrogens is 336 g/mol. The van der Waals surface area contributed by atoms with E-state index in [0.29, 0.717) is 6.01 Å². The predicted octanol–water partition coefficient (Wildman–Crippen LogP) is 3.52. The van der Waals surface area contributed by atoms with Crippen LogP contribution in [0.3, 0.4) is 0 Å². The van der Waals surface area contributed by atoms with Gasteiger partial charge in [0.25, 0.3) is 0 Å². The van der Waals surface area contributed by atoms with Crippen molar-refractivity contribution in [3.8, 4) is 6.01 Å². The first-order chi connectivity index (χ1) is 9.83. The lowest BCUT2D eigenvalue weighted by molar-refractivity contribution is -0.161. The number of hydrogen-bond acceptors (Lipinski definition) is 5. The highest BCUT2D eigenvalue weighted by Gasteiger charge is 2.30. The molecule has 6 heteroatoms. The van der Waals surface area contributed by atoms with Crippen molar-refractivity contribution < 1.29 is 14.3 Å². The summed E-state index contributed by atoms with van der Waals surface area (Å²) in [5, 5.41) is 0. The van der Waals surface area contributed by atoms with Crippen LogP contribution in [0.4, 0.5) is 0 Å². The first-order valence-electron chi connectivity index (χ1n) is 7.20. The average Bonchev–Trinajstić information content (AvgIpc) is 2.40. The second-order valence-electron chi connectivity index (χ2n) is 6.31. The normalized spacial score (nSPS) is 22.7. The van der Waals surface area contributed by atoms with Crippen molar-refractivity contribution in [3.63, 3.8) is 0 Å². The molecule has 0 bridgehead atoms. The number of esters is 1. The van der Waals surface area contributed by atoms with E-state index in [9.17, 15) is 4.79 Å². The van der Waals surface area contributed by atoms with Gasteiger partial charge in [0.1, 0.15) is 11.7 Å². The molecule has 1 aliphatic carbocycles. The smallest absolute Gasteiger partial charge is 0.316 e. The number of aromatic nitrogens is 2. The maximum Gasteiger partial charge on any atom is 0.316 e. The molecule has 0 spiro atoms. The molecule has 1 aliphatic rings. The fraction of sp³-hybridized carbons (Fsp3) is 0.667. The Balaban J connectivity index is 1.80. The molecule has 1 heterocycles. The van der Waals surface area contributed by atoms with Gasteiger partial charge >= 0.3 is 12.0 Å². The number of carbonyl (C=O) groups is 1. The van der Waals surface area contributed by atoms with Gasteiger partial charge in [-0.05, 0) is 62.4 Å². The lowest BCUT2D eigenvalue weighted by atomic mass is 9.87. The van der Waals surface area contributed by atoms with Gasteiger partial charge in [-0.3, -0.25) is 4.79 Å². The highest BCUT2D eigenvalue weighted by atomic mass is 79.9. The van der Waals surface area contributed by atoms with Crippen molar-refractivity contribution >= 4 is 21.9 Å². The molecule has 116 valence electrons. The van der Waals surface area contributed by atoms with Crippen molar-refractivity contribution in [2.45, 2.75) is 58.2 Å². The van der Waals surface area contributed by atoms with Gasteiger partial charge in [0.15, 0.2) is 0 Å². The summed E-state index contributed by atoms with van der Waals surface area (Å²) in [5.74, 6) is -0.115. The molecule has 1 aromatic heterocycles. The second-order valence-corrected chi connectivity index (χ2v) is 7.22. The van der Waals surface area contributed by atoms with E-state index in [0.717, 1.165) is 30.2 Å². The van der Waals surface area contributed by atoms with Crippen molar-refractivity contribution in [1.82, 2.24) is 9.97 Å². The zero-order valence-electron chi connectivity index (χ0n) is 12.6. The molecule has 21 heavy (non-hydrogen) atoms. The van der Waals surface area contributed by atoms with E-state index in [2.05, 4.69) is 25.9 Å². The summed E-state index contributed by atoms with van der Waals surface area (Å²) in [6, 6.07) is 0.388. The molecule has 0 unspecified atom stereocenters. The average molecular weight is 357 g/mol. The predicted molar refractivity (Wildman–Crippen MR) is 82.0 cm³/mol. The van der Waals surface area contributed by atoms with E-state index in [1.165, 1.54) is 0 Å². The zero-order chi connectivity index (χ0) is 15.5. The van der Waals surface area contributed by atoms with Crippen LogP contribution < -0.4 is 4.74 Å². The summed E-state index contributed by atoms with van der Waals surface area (Å²) in [6.07, 6.45) is 6.62. The van der Waals surface area contributed by atoms with Gasteiger partial charge < -0.3 is 9.47 Å². The largest absolute Gasteiger partial charge is 0.460 e. The third-order valence-corrected chi connectivity index (χ3v) is 3.69. The van der Waals surface area contributed by atoms with Crippen LogP contribution in [-0.2, 0) is 9.53 Å². The summed E-state index contributed by atoms with van der Waals surface area (Å²) >= 11 is 3.29. The monoisotopic (exact) mass is 356 g/mol. The molecule has 5 nitrogen and oxygen atoms in total. The van der Waals surface area contributed by atoms with Crippen LogP contribution in [0, 0.1) is 5.92 Å². The van der Waals surface area contributed by atoms with Gasteiger partial charge in [0, 0.05) is 12.4 Å². The lowest BCUT2D eigenvalue weighted by Crippen LogP contribution is -2.33. The Labute approximate surface area is 133 Å².